The maximum atomic E-state index is 11.7. The van der Waals surface area contributed by atoms with Gasteiger partial charge in [0.25, 0.3) is 5.91 Å². The number of hydrogen-bond acceptors (Lipinski definition) is 3. The lowest BCUT2D eigenvalue weighted by atomic mass is 10.4. The van der Waals surface area contributed by atoms with Crippen molar-refractivity contribution in [3.8, 4) is 0 Å². The molecule has 0 bridgehead atoms. The summed E-state index contributed by atoms with van der Waals surface area (Å²) in [6.45, 7) is 2.75. The highest BCUT2D eigenvalue weighted by atomic mass is 16.2. The van der Waals surface area contributed by atoms with E-state index in [2.05, 4.69) is 21.5 Å². The molecule has 5 heteroatoms. The Morgan fingerprint density at radius 1 is 1.47 bits per heavy atom. The largest absolute Gasteiger partial charge is 0.343 e. The van der Waals surface area contributed by atoms with Crippen LogP contribution in [-0.2, 0) is 13.1 Å². The standard InChI is InChI=1S/C10H16N4O/c1-12(2)10(15)8-6-14-5-4-13(3)7-9(14)11-8/h6H,4-5,7H2,1-3H3. The van der Waals surface area contributed by atoms with Crippen LogP contribution in [0.25, 0.3) is 0 Å². The van der Waals surface area contributed by atoms with Gasteiger partial charge in [-0.1, -0.05) is 0 Å². The Bertz CT molecular complexity index is 383. The summed E-state index contributed by atoms with van der Waals surface area (Å²) < 4.78 is 2.07. The second kappa shape index (κ2) is 3.66. The molecule has 1 aliphatic heterocycles. The number of imidazole rings is 1. The molecule has 1 aromatic heterocycles. The number of carbonyl (C=O) groups is 1. The molecule has 1 aliphatic rings. The van der Waals surface area contributed by atoms with Gasteiger partial charge in [-0.15, -0.1) is 0 Å². The Hall–Kier alpha value is -1.36. The predicted molar refractivity (Wildman–Crippen MR) is 56.6 cm³/mol. The summed E-state index contributed by atoms with van der Waals surface area (Å²) in [7, 11) is 5.55. The number of hydrogen-bond donors (Lipinski definition) is 0. The lowest BCUT2D eigenvalue weighted by Gasteiger charge is -2.22. The molecule has 0 N–H and O–H groups in total. The lowest BCUT2D eigenvalue weighted by molar-refractivity contribution is 0.0822. The van der Waals surface area contributed by atoms with Gasteiger partial charge in [0, 0.05) is 33.4 Å². The second-order valence-corrected chi connectivity index (χ2v) is 4.17. The Labute approximate surface area is 89.3 Å². The number of likely N-dealkylation sites (N-methyl/N-ethyl adjacent to an activating group) is 1. The highest BCUT2D eigenvalue weighted by Gasteiger charge is 2.19. The topological polar surface area (TPSA) is 41.4 Å². The van der Waals surface area contributed by atoms with Gasteiger partial charge < -0.3 is 9.47 Å². The summed E-state index contributed by atoms with van der Waals surface area (Å²) in [5.74, 6) is 0.952. The molecule has 0 aromatic carbocycles. The van der Waals surface area contributed by atoms with E-state index in [1.807, 2.05) is 6.20 Å². The minimum Gasteiger partial charge on any atom is -0.343 e. The van der Waals surface area contributed by atoms with Gasteiger partial charge in [0.05, 0.1) is 6.54 Å². The van der Waals surface area contributed by atoms with Crippen molar-refractivity contribution >= 4 is 5.91 Å². The minimum absolute atomic E-state index is 0.0282. The van der Waals surface area contributed by atoms with E-state index >= 15 is 0 Å². The first kappa shape index (κ1) is 10.2. The Morgan fingerprint density at radius 2 is 2.20 bits per heavy atom. The first-order valence-corrected chi connectivity index (χ1v) is 5.04. The van der Waals surface area contributed by atoms with Crippen LogP contribution in [0.4, 0.5) is 0 Å². The maximum Gasteiger partial charge on any atom is 0.273 e. The zero-order chi connectivity index (χ0) is 11.0. The third kappa shape index (κ3) is 1.87. The van der Waals surface area contributed by atoms with E-state index in [0.29, 0.717) is 5.69 Å². The molecule has 0 radical (unpaired) electrons. The molecule has 0 spiro atoms. The molecule has 0 fully saturated rings. The fourth-order valence-corrected chi connectivity index (χ4v) is 1.71. The van der Waals surface area contributed by atoms with Gasteiger partial charge in [0.2, 0.25) is 0 Å². The van der Waals surface area contributed by atoms with Gasteiger partial charge in [-0.3, -0.25) is 9.69 Å². The average molecular weight is 208 g/mol. The number of rotatable bonds is 1. The third-order valence-corrected chi connectivity index (χ3v) is 2.62. The van der Waals surface area contributed by atoms with Crippen molar-refractivity contribution in [2.24, 2.45) is 0 Å². The number of nitrogens with zero attached hydrogens (tertiary/aromatic N) is 4. The van der Waals surface area contributed by atoms with Crippen LogP contribution < -0.4 is 0 Å². The molecule has 2 rings (SSSR count). The zero-order valence-corrected chi connectivity index (χ0v) is 9.40. The van der Waals surface area contributed by atoms with E-state index < -0.39 is 0 Å². The third-order valence-electron chi connectivity index (χ3n) is 2.62. The monoisotopic (exact) mass is 208 g/mol. The summed E-state index contributed by atoms with van der Waals surface area (Å²) in [6.07, 6.45) is 1.85. The minimum atomic E-state index is -0.0282. The molecular weight excluding hydrogens is 192 g/mol. The molecule has 0 atom stereocenters. The number of aromatic nitrogens is 2. The van der Waals surface area contributed by atoms with Crippen LogP contribution in [0.3, 0.4) is 0 Å². The highest BCUT2D eigenvalue weighted by Crippen LogP contribution is 2.11. The average Bonchev–Trinajstić information content (AvgIpc) is 2.58. The van der Waals surface area contributed by atoms with Crippen molar-refractivity contribution in [1.82, 2.24) is 19.4 Å². The summed E-state index contributed by atoms with van der Waals surface area (Å²) in [5, 5.41) is 0. The van der Waals surface area contributed by atoms with Crippen LogP contribution in [0.15, 0.2) is 6.20 Å². The van der Waals surface area contributed by atoms with Gasteiger partial charge in [0.1, 0.15) is 11.5 Å². The number of amides is 1. The second-order valence-electron chi connectivity index (χ2n) is 4.17. The van der Waals surface area contributed by atoms with Crippen LogP contribution in [0.2, 0.25) is 0 Å². The van der Waals surface area contributed by atoms with Crippen LogP contribution in [0.1, 0.15) is 16.3 Å². The van der Waals surface area contributed by atoms with E-state index in [9.17, 15) is 4.79 Å². The molecule has 0 unspecified atom stereocenters. The summed E-state index contributed by atoms with van der Waals surface area (Å²) in [5.41, 5.74) is 0.547. The van der Waals surface area contributed by atoms with Crippen LogP contribution in [-0.4, -0.2) is 52.9 Å². The van der Waals surface area contributed by atoms with E-state index in [4.69, 9.17) is 0 Å². The quantitative estimate of drug-likeness (QED) is 0.654. The molecule has 1 aromatic rings. The smallest absolute Gasteiger partial charge is 0.273 e. The Kier molecular flexibility index (Phi) is 2.48. The van der Waals surface area contributed by atoms with E-state index in [1.165, 1.54) is 0 Å². The van der Waals surface area contributed by atoms with Gasteiger partial charge in [-0.2, -0.15) is 0 Å². The van der Waals surface area contributed by atoms with E-state index in [-0.39, 0.29) is 5.91 Å². The lowest BCUT2D eigenvalue weighted by Crippen LogP contribution is -2.30. The van der Waals surface area contributed by atoms with Gasteiger partial charge >= 0.3 is 0 Å². The molecule has 5 nitrogen and oxygen atoms in total. The normalized spacial score (nSPS) is 16.2. The van der Waals surface area contributed by atoms with Crippen molar-refractivity contribution in [1.29, 1.82) is 0 Å². The Morgan fingerprint density at radius 3 is 2.87 bits per heavy atom. The predicted octanol–water partition coefficient (Wildman–Crippen LogP) is 0.0303. The molecule has 15 heavy (non-hydrogen) atoms. The van der Waals surface area contributed by atoms with Gasteiger partial charge in [-0.05, 0) is 7.05 Å². The fourth-order valence-electron chi connectivity index (χ4n) is 1.71. The van der Waals surface area contributed by atoms with Gasteiger partial charge in [0.15, 0.2) is 0 Å². The van der Waals surface area contributed by atoms with E-state index in [1.54, 1.807) is 19.0 Å². The summed E-state index contributed by atoms with van der Waals surface area (Å²) in [4.78, 5) is 19.8. The fraction of sp³-hybridized carbons (Fsp3) is 0.600. The molecule has 1 amide bonds. The van der Waals surface area contributed by atoms with Gasteiger partial charge in [-0.25, -0.2) is 4.98 Å². The van der Waals surface area contributed by atoms with Crippen molar-refractivity contribution in [3.05, 3.63) is 17.7 Å². The zero-order valence-electron chi connectivity index (χ0n) is 9.40. The van der Waals surface area contributed by atoms with Crippen molar-refractivity contribution in [2.75, 3.05) is 27.7 Å². The molecule has 0 saturated heterocycles. The number of carbonyl (C=O) groups excluding carboxylic acids is 1. The Balaban J connectivity index is 2.26. The summed E-state index contributed by atoms with van der Waals surface area (Å²) in [6, 6.07) is 0. The molecular formula is C10H16N4O. The molecule has 0 saturated carbocycles. The van der Waals surface area contributed by atoms with Crippen molar-refractivity contribution in [2.45, 2.75) is 13.1 Å². The van der Waals surface area contributed by atoms with Crippen LogP contribution >= 0.6 is 0 Å². The van der Waals surface area contributed by atoms with Crippen molar-refractivity contribution in [3.63, 3.8) is 0 Å². The van der Waals surface area contributed by atoms with Crippen molar-refractivity contribution < 1.29 is 4.79 Å². The molecule has 2 heterocycles. The summed E-state index contributed by atoms with van der Waals surface area (Å²) >= 11 is 0. The van der Waals surface area contributed by atoms with Crippen LogP contribution in [0, 0.1) is 0 Å². The number of fused-ring (bicyclic) bond motifs is 1. The maximum absolute atomic E-state index is 11.7. The molecule has 0 aliphatic carbocycles. The molecule has 82 valence electrons. The van der Waals surface area contributed by atoms with E-state index in [0.717, 1.165) is 25.5 Å². The SMILES string of the molecule is CN1CCn2cc(C(=O)N(C)C)nc2C1. The highest BCUT2D eigenvalue weighted by molar-refractivity contribution is 5.91. The first-order chi connectivity index (χ1) is 7.08. The van der Waals surface area contributed by atoms with Crippen LogP contribution in [0.5, 0.6) is 0 Å². The first-order valence-electron chi connectivity index (χ1n) is 5.04.